The molecule has 2 rings (SSSR count). The van der Waals surface area contributed by atoms with Crippen molar-refractivity contribution in [3.63, 3.8) is 0 Å². The maximum Gasteiger partial charge on any atom is 0.252 e. The molecular formula is C15H14BrFN2O. The van der Waals surface area contributed by atoms with Crippen LogP contribution in [0.25, 0.3) is 0 Å². The van der Waals surface area contributed by atoms with Crippen molar-refractivity contribution < 1.29 is 9.18 Å². The minimum atomic E-state index is -0.549. The number of benzene rings is 2. The molecule has 3 nitrogen and oxygen atoms in total. The van der Waals surface area contributed by atoms with Gasteiger partial charge in [-0.3, -0.25) is 4.79 Å². The minimum Gasteiger partial charge on any atom is -0.396 e. The van der Waals surface area contributed by atoms with Crippen molar-refractivity contribution >= 4 is 27.5 Å². The number of nitrogen functional groups attached to an aromatic ring is 1. The fourth-order valence-corrected chi connectivity index (χ4v) is 2.31. The van der Waals surface area contributed by atoms with Gasteiger partial charge in [0.05, 0.1) is 11.3 Å². The van der Waals surface area contributed by atoms with Crippen LogP contribution >= 0.6 is 15.9 Å². The Balaban J connectivity index is 2.13. The van der Waals surface area contributed by atoms with E-state index in [0.717, 1.165) is 11.1 Å². The van der Waals surface area contributed by atoms with Gasteiger partial charge in [-0.2, -0.15) is 0 Å². The van der Waals surface area contributed by atoms with Crippen LogP contribution in [-0.2, 0) is 6.54 Å². The van der Waals surface area contributed by atoms with Crippen molar-refractivity contribution in [1.29, 1.82) is 0 Å². The highest BCUT2D eigenvalue weighted by Crippen LogP contribution is 2.22. The number of hydrogen-bond acceptors (Lipinski definition) is 2. The van der Waals surface area contributed by atoms with Gasteiger partial charge < -0.3 is 11.1 Å². The zero-order valence-electron chi connectivity index (χ0n) is 10.9. The molecule has 0 bridgehead atoms. The molecule has 0 aliphatic rings. The number of amides is 1. The summed E-state index contributed by atoms with van der Waals surface area (Å²) in [6, 6.07) is 10.3. The fourth-order valence-electron chi connectivity index (χ4n) is 1.82. The molecule has 0 heterocycles. The molecule has 0 atom stereocenters. The number of rotatable bonds is 3. The highest BCUT2D eigenvalue weighted by molar-refractivity contribution is 9.10. The van der Waals surface area contributed by atoms with E-state index in [1.165, 1.54) is 12.1 Å². The van der Waals surface area contributed by atoms with Crippen LogP contribution in [0.3, 0.4) is 0 Å². The zero-order chi connectivity index (χ0) is 14.7. The fraction of sp³-hybridized carbons (Fsp3) is 0.133. The van der Waals surface area contributed by atoms with E-state index in [9.17, 15) is 9.18 Å². The summed E-state index contributed by atoms with van der Waals surface area (Å²) in [5.74, 6) is -0.848. The lowest BCUT2D eigenvalue weighted by Crippen LogP contribution is -2.23. The molecule has 5 heteroatoms. The molecule has 104 valence electrons. The van der Waals surface area contributed by atoms with Crippen molar-refractivity contribution in [2.75, 3.05) is 5.73 Å². The van der Waals surface area contributed by atoms with Crippen molar-refractivity contribution in [2.24, 2.45) is 0 Å². The van der Waals surface area contributed by atoms with Gasteiger partial charge in [0.25, 0.3) is 5.91 Å². The van der Waals surface area contributed by atoms with Crippen LogP contribution in [0.1, 0.15) is 21.5 Å². The highest BCUT2D eigenvalue weighted by Gasteiger charge is 2.13. The second-order valence-corrected chi connectivity index (χ2v) is 5.32. The number of carbonyl (C=O) groups is 1. The predicted octanol–water partition coefficient (Wildman–Crippen LogP) is 3.41. The average molecular weight is 337 g/mol. The summed E-state index contributed by atoms with van der Waals surface area (Å²) in [5, 5.41) is 2.80. The summed E-state index contributed by atoms with van der Waals surface area (Å²) < 4.78 is 13.6. The Morgan fingerprint density at radius 3 is 2.75 bits per heavy atom. The molecule has 0 radical (unpaired) electrons. The van der Waals surface area contributed by atoms with E-state index >= 15 is 0 Å². The summed E-state index contributed by atoms with van der Waals surface area (Å²) in [6.45, 7) is 2.39. The highest BCUT2D eigenvalue weighted by atomic mass is 79.9. The zero-order valence-corrected chi connectivity index (χ0v) is 12.5. The monoisotopic (exact) mass is 336 g/mol. The molecule has 2 aromatic rings. The van der Waals surface area contributed by atoms with Crippen molar-refractivity contribution in [3.05, 3.63) is 63.4 Å². The average Bonchev–Trinajstić information content (AvgIpc) is 2.41. The van der Waals surface area contributed by atoms with Gasteiger partial charge in [0.1, 0.15) is 5.82 Å². The number of halogens is 2. The molecule has 20 heavy (non-hydrogen) atoms. The van der Waals surface area contributed by atoms with Gasteiger partial charge in [-0.25, -0.2) is 4.39 Å². The van der Waals surface area contributed by atoms with Crippen molar-refractivity contribution in [3.8, 4) is 0 Å². The normalized spacial score (nSPS) is 10.3. The maximum absolute atomic E-state index is 13.2. The second-order valence-electron chi connectivity index (χ2n) is 4.46. The van der Waals surface area contributed by atoms with Gasteiger partial charge in [-0.05, 0) is 46.1 Å². The summed E-state index contributed by atoms with van der Waals surface area (Å²) in [5.41, 5.74) is 7.89. The minimum absolute atomic E-state index is 0.0470. The lowest BCUT2D eigenvalue weighted by molar-refractivity contribution is 0.0950. The van der Waals surface area contributed by atoms with E-state index < -0.39 is 5.82 Å². The predicted molar refractivity (Wildman–Crippen MR) is 80.9 cm³/mol. The lowest BCUT2D eigenvalue weighted by Gasteiger charge is -2.10. The van der Waals surface area contributed by atoms with Crippen LogP contribution in [-0.4, -0.2) is 5.91 Å². The first kappa shape index (κ1) is 14.5. The number of aryl methyl sites for hydroxylation is 1. The molecule has 0 spiro atoms. The van der Waals surface area contributed by atoms with E-state index in [-0.39, 0.29) is 11.6 Å². The first-order valence-electron chi connectivity index (χ1n) is 6.06. The number of nitrogens with one attached hydrogen (secondary N) is 1. The third kappa shape index (κ3) is 3.17. The van der Waals surface area contributed by atoms with Crippen LogP contribution in [0.4, 0.5) is 10.1 Å². The summed E-state index contributed by atoms with van der Waals surface area (Å²) in [6.07, 6.45) is 0. The van der Waals surface area contributed by atoms with E-state index in [0.29, 0.717) is 16.6 Å². The molecule has 2 aromatic carbocycles. The number of anilines is 1. The van der Waals surface area contributed by atoms with E-state index in [2.05, 4.69) is 21.2 Å². The first-order valence-corrected chi connectivity index (χ1v) is 6.85. The molecule has 0 unspecified atom stereocenters. The van der Waals surface area contributed by atoms with Crippen LogP contribution in [0.2, 0.25) is 0 Å². The Labute approximate surface area is 125 Å². The van der Waals surface area contributed by atoms with Gasteiger partial charge in [0.2, 0.25) is 0 Å². The first-order chi connectivity index (χ1) is 9.49. The van der Waals surface area contributed by atoms with Crippen LogP contribution < -0.4 is 11.1 Å². The Kier molecular flexibility index (Phi) is 4.39. The molecule has 0 aliphatic heterocycles. The van der Waals surface area contributed by atoms with Crippen molar-refractivity contribution in [1.82, 2.24) is 5.32 Å². The Bertz CT molecular complexity index is 658. The van der Waals surface area contributed by atoms with E-state index in [1.807, 2.05) is 31.2 Å². The van der Waals surface area contributed by atoms with Crippen LogP contribution in [0, 0.1) is 12.7 Å². The van der Waals surface area contributed by atoms with Gasteiger partial charge in [-0.1, -0.05) is 24.3 Å². The molecule has 0 aromatic heterocycles. The summed E-state index contributed by atoms with van der Waals surface area (Å²) in [4.78, 5) is 12.1. The second kappa shape index (κ2) is 6.05. The summed E-state index contributed by atoms with van der Waals surface area (Å²) in [7, 11) is 0. The molecule has 3 N–H and O–H groups in total. The van der Waals surface area contributed by atoms with E-state index in [1.54, 1.807) is 0 Å². The van der Waals surface area contributed by atoms with Crippen LogP contribution in [0.15, 0.2) is 40.9 Å². The lowest BCUT2D eigenvalue weighted by atomic mass is 10.1. The quantitative estimate of drug-likeness (QED) is 0.844. The maximum atomic E-state index is 13.2. The topological polar surface area (TPSA) is 55.1 Å². The van der Waals surface area contributed by atoms with Gasteiger partial charge >= 0.3 is 0 Å². The van der Waals surface area contributed by atoms with Crippen LogP contribution in [0.5, 0.6) is 0 Å². The van der Waals surface area contributed by atoms with Gasteiger partial charge in [0.15, 0.2) is 0 Å². The molecular weight excluding hydrogens is 323 g/mol. The van der Waals surface area contributed by atoms with E-state index in [4.69, 9.17) is 5.73 Å². The number of hydrogen-bond donors (Lipinski definition) is 2. The molecule has 0 aliphatic carbocycles. The molecule has 1 amide bonds. The van der Waals surface area contributed by atoms with Crippen molar-refractivity contribution in [2.45, 2.75) is 13.5 Å². The van der Waals surface area contributed by atoms with Gasteiger partial charge in [-0.15, -0.1) is 0 Å². The molecule has 0 saturated carbocycles. The Morgan fingerprint density at radius 1 is 1.35 bits per heavy atom. The largest absolute Gasteiger partial charge is 0.396 e. The Hall–Kier alpha value is -1.88. The van der Waals surface area contributed by atoms with Gasteiger partial charge in [0, 0.05) is 11.0 Å². The third-order valence-electron chi connectivity index (χ3n) is 3.03. The smallest absolute Gasteiger partial charge is 0.252 e. The third-order valence-corrected chi connectivity index (χ3v) is 3.69. The molecule has 0 fully saturated rings. The number of carbonyl (C=O) groups excluding carboxylic acids is 1. The Morgan fingerprint density at radius 2 is 2.05 bits per heavy atom. The molecule has 0 saturated heterocycles. The summed E-state index contributed by atoms with van der Waals surface area (Å²) >= 11 is 3.17. The SMILES string of the molecule is Cc1ccccc1CNC(=O)c1cc(N)c(F)cc1Br. The standard InChI is InChI=1S/C15H14BrFN2O/c1-9-4-2-3-5-10(9)8-19-15(20)11-6-14(18)13(17)7-12(11)16/h2-7H,8,18H2,1H3,(H,19,20). The number of nitrogens with two attached hydrogens (primary N) is 1.